The number of hydrogen-bond donors (Lipinski definition) is 1. The van der Waals surface area contributed by atoms with Gasteiger partial charge in [-0.3, -0.25) is 0 Å². The first-order valence-electron chi connectivity index (χ1n) is 4.57. The van der Waals surface area contributed by atoms with Gasteiger partial charge in [0.1, 0.15) is 0 Å². The van der Waals surface area contributed by atoms with Gasteiger partial charge in [-0.1, -0.05) is 19.8 Å². The Hall–Kier alpha value is 0.870. The third kappa shape index (κ3) is 12.9. The topological polar surface area (TPSA) is 77.4 Å². The molecule has 0 amide bonds. The molecule has 14 heavy (non-hydrogen) atoms. The van der Waals surface area contributed by atoms with Crippen LogP contribution < -0.4 is 29.6 Å². The van der Waals surface area contributed by atoms with E-state index in [1.54, 1.807) is 0 Å². The number of unbranched alkanes of at least 4 members (excludes halogenated alkanes) is 2. The second kappa shape index (κ2) is 9.12. The van der Waals surface area contributed by atoms with Gasteiger partial charge >= 0.3 is 29.6 Å². The van der Waals surface area contributed by atoms with Gasteiger partial charge in [-0.2, -0.15) is 0 Å². The quantitative estimate of drug-likeness (QED) is 0.309. The van der Waals surface area contributed by atoms with Crippen LogP contribution in [0.25, 0.3) is 0 Å². The fraction of sp³-hybridized carbons (Fsp3) is 1.00. The molecule has 0 aromatic heterocycles. The maximum atomic E-state index is 10.2. The van der Waals surface area contributed by atoms with Gasteiger partial charge < -0.3 is 9.66 Å². The van der Waals surface area contributed by atoms with Gasteiger partial charge in [0.05, 0.1) is 16.2 Å². The van der Waals surface area contributed by atoms with E-state index < -0.39 is 10.1 Å². The van der Waals surface area contributed by atoms with Gasteiger partial charge in [0.2, 0.25) is 0 Å². The smallest absolute Gasteiger partial charge is 0.748 e. The van der Waals surface area contributed by atoms with E-state index in [2.05, 4.69) is 0 Å². The molecule has 80 valence electrons. The molecule has 0 saturated heterocycles. The molecule has 0 rings (SSSR count). The summed E-state index contributed by atoms with van der Waals surface area (Å²) in [5.41, 5.74) is 0. The maximum absolute atomic E-state index is 10.2. The van der Waals surface area contributed by atoms with Crippen molar-refractivity contribution in [1.29, 1.82) is 0 Å². The van der Waals surface area contributed by atoms with E-state index in [9.17, 15) is 13.0 Å². The minimum atomic E-state index is -4.04. The normalized spacial score (nSPS) is 13.4. The summed E-state index contributed by atoms with van der Waals surface area (Å²) < 4.78 is 30.5. The Balaban J connectivity index is 0. The van der Waals surface area contributed by atoms with Crippen LogP contribution in [0.3, 0.4) is 0 Å². The summed E-state index contributed by atoms with van der Waals surface area (Å²) in [6.07, 6.45) is 3.00. The van der Waals surface area contributed by atoms with Crippen molar-refractivity contribution in [2.45, 2.75) is 45.1 Å². The molecule has 1 unspecified atom stereocenters. The molecule has 0 aliphatic carbocycles. The van der Waals surface area contributed by atoms with E-state index in [-0.39, 0.29) is 41.4 Å². The summed E-state index contributed by atoms with van der Waals surface area (Å²) >= 11 is 0. The molecular weight excluding hydrogens is 215 g/mol. The summed E-state index contributed by atoms with van der Waals surface area (Å²) in [7, 11) is -4.04. The molecule has 0 heterocycles. The average molecular weight is 232 g/mol. The van der Waals surface area contributed by atoms with Crippen LogP contribution in [0.1, 0.15) is 39.0 Å². The standard InChI is InChI=1S/C8H18O4S.Na/c1-2-8(9)6-4-3-5-7-13(10,11)12;/h8-9H,2-7H2,1H3,(H,10,11,12);/q;+1/p-1. The maximum Gasteiger partial charge on any atom is 1.00 e. The van der Waals surface area contributed by atoms with E-state index in [1.807, 2.05) is 6.92 Å². The molecule has 0 saturated carbocycles. The third-order valence-corrected chi connectivity index (χ3v) is 2.69. The van der Waals surface area contributed by atoms with Gasteiger partial charge in [-0.05, 0) is 19.3 Å². The Morgan fingerprint density at radius 3 is 2.29 bits per heavy atom. The van der Waals surface area contributed by atoms with Crippen molar-refractivity contribution in [3.63, 3.8) is 0 Å². The van der Waals surface area contributed by atoms with Crippen molar-refractivity contribution in [3.05, 3.63) is 0 Å². The van der Waals surface area contributed by atoms with Gasteiger partial charge in [-0.25, -0.2) is 8.42 Å². The van der Waals surface area contributed by atoms with E-state index >= 15 is 0 Å². The van der Waals surface area contributed by atoms with Crippen LogP contribution in [0.15, 0.2) is 0 Å². The Morgan fingerprint density at radius 2 is 1.86 bits per heavy atom. The van der Waals surface area contributed by atoms with Crippen molar-refractivity contribution in [3.8, 4) is 0 Å². The molecule has 0 fully saturated rings. The average Bonchev–Trinajstić information content (AvgIpc) is 2.01. The number of rotatable bonds is 7. The summed E-state index contributed by atoms with van der Waals surface area (Å²) in [6.45, 7) is 1.90. The monoisotopic (exact) mass is 232 g/mol. The molecule has 0 aromatic carbocycles. The molecule has 0 aliphatic heterocycles. The van der Waals surface area contributed by atoms with Crippen LogP contribution in [0.2, 0.25) is 0 Å². The molecule has 0 spiro atoms. The van der Waals surface area contributed by atoms with Crippen molar-refractivity contribution >= 4 is 10.1 Å². The number of aliphatic hydroxyl groups excluding tert-OH is 1. The largest absolute Gasteiger partial charge is 1.00 e. The summed E-state index contributed by atoms with van der Waals surface area (Å²) in [5.74, 6) is -0.283. The van der Waals surface area contributed by atoms with E-state index in [0.717, 1.165) is 12.8 Å². The number of hydrogen-bond acceptors (Lipinski definition) is 4. The van der Waals surface area contributed by atoms with Crippen LogP contribution in [0.4, 0.5) is 0 Å². The van der Waals surface area contributed by atoms with E-state index in [0.29, 0.717) is 19.3 Å². The predicted molar refractivity (Wildman–Crippen MR) is 49.3 cm³/mol. The molecule has 1 N–H and O–H groups in total. The molecule has 0 aliphatic rings. The molecule has 6 heteroatoms. The Labute approximate surface area is 108 Å². The van der Waals surface area contributed by atoms with Gasteiger partial charge in [0, 0.05) is 5.75 Å². The van der Waals surface area contributed by atoms with Crippen molar-refractivity contribution in [1.82, 2.24) is 0 Å². The first kappa shape index (κ1) is 17.3. The Morgan fingerprint density at radius 1 is 1.29 bits per heavy atom. The van der Waals surface area contributed by atoms with Gasteiger partial charge in [0.15, 0.2) is 0 Å². The fourth-order valence-electron chi connectivity index (χ4n) is 1.04. The molecule has 1 atom stereocenters. The van der Waals surface area contributed by atoms with Gasteiger partial charge in [-0.15, -0.1) is 0 Å². The molecule has 0 bridgehead atoms. The minimum Gasteiger partial charge on any atom is -0.748 e. The van der Waals surface area contributed by atoms with E-state index in [4.69, 9.17) is 5.11 Å². The first-order valence-corrected chi connectivity index (χ1v) is 6.15. The number of aliphatic hydroxyl groups is 1. The van der Waals surface area contributed by atoms with E-state index in [1.165, 1.54) is 0 Å². The molecule has 0 aromatic rings. The van der Waals surface area contributed by atoms with Gasteiger partial charge in [0.25, 0.3) is 0 Å². The van der Waals surface area contributed by atoms with Crippen LogP contribution in [-0.4, -0.2) is 29.9 Å². The Bertz CT molecular complexity index is 215. The summed E-state index contributed by atoms with van der Waals surface area (Å²) in [5, 5.41) is 9.14. The van der Waals surface area contributed by atoms with Crippen molar-refractivity contribution in [2.75, 3.05) is 5.75 Å². The molecular formula is C8H17NaO4S. The first-order chi connectivity index (χ1) is 5.95. The zero-order valence-electron chi connectivity index (χ0n) is 8.90. The minimum absolute atomic E-state index is 0. The summed E-state index contributed by atoms with van der Waals surface area (Å²) in [6, 6.07) is 0. The van der Waals surface area contributed by atoms with Crippen LogP contribution in [-0.2, 0) is 10.1 Å². The fourth-order valence-corrected chi connectivity index (χ4v) is 1.60. The second-order valence-corrected chi connectivity index (χ2v) is 4.70. The zero-order valence-corrected chi connectivity index (χ0v) is 11.7. The van der Waals surface area contributed by atoms with Crippen molar-refractivity contribution < 1.29 is 47.6 Å². The van der Waals surface area contributed by atoms with Crippen LogP contribution in [0, 0.1) is 0 Å². The van der Waals surface area contributed by atoms with Crippen molar-refractivity contribution in [2.24, 2.45) is 0 Å². The summed E-state index contributed by atoms with van der Waals surface area (Å²) in [4.78, 5) is 0. The Kier molecular flexibility index (Phi) is 11.3. The molecule has 0 radical (unpaired) electrons. The SMILES string of the molecule is CCC(O)CCCCCS(=O)(=O)[O-].[Na+]. The second-order valence-electron chi connectivity index (χ2n) is 3.17. The van der Waals surface area contributed by atoms with Crippen LogP contribution in [0.5, 0.6) is 0 Å². The molecule has 4 nitrogen and oxygen atoms in total. The van der Waals surface area contributed by atoms with Crippen LogP contribution >= 0.6 is 0 Å². The predicted octanol–water partition coefficient (Wildman–Crippen LogP) is -2.13. The zero-order chi connectivity index (χ0) is 10.3. The third-order valence-electron chi connectivity index (χ3n) is 1.90.